The molecule has 2 amide bonds. The molecule has 7 heteroatoms. The van der Waals surface area contributed by atoms with E-state index in [9.17, 15) is 9.59 Å². The van der Waals surface area contributed by atoms with Crippen LogP contribution in [0.15, 0.2) is 66.0 Å². The van der Waals surface area contributed by atoms with Gasteiger partial charge in [-0.2, -0.15) is 0 Å². The van der Waals surface area contributed by atoms with Crippen molar-refractivity contribution in [3.8, 4) is 0 Å². The Morgan fingerprint density at radius 1 is 1.03 bits per heavy atom. The third-order valence-corrected chi connectivity index (χ3v) is 6.40. The summed E-state index contributed by atoms with van der Waals surface area (Å²) in [5.41, 5.74) is 3.49. The molecule has 32 heavy (non-hydrogen) atoms. The molecular weight excluding hydrogens is 422 g/mol. The van der Waals surface area contributed by atoms with Gasteiger partial charge >= 0.3 is 0 Å². The lowest BCUT2D eigenvalue weighted by atomic mass is 10.0. The molecule has 0 saturated carbocycles. The van der Waals surface area contributed by atoms with E-state index >= 15 is 0 Å². The Labute approximate surface area is 192 Å². The highest BCUT2D eigenvalue weighted by Crippen LogP contribution is 2.22. The summed E-state index contributed by atoms with van der Waals surface area (Å²) in [6, 6.07) is 19.2. The summed E-state index contributed by atoms with van der Waals surface area (Å²) in [6.45, 7) is 5.62. The van der Waals surface area contributed by atoms with Gasteiger partial charge in [0.2, 0.25) is 0 Å². The van der Waals surface area contributed by atoms with Crippen LogP contribution in [-0.2, 0) is 4.74 Å². The molecule has 0 bridgehead atoms. The van der Waals surface area contributed by atoms with E-state index in [1.54, 1.807) is 30.3 Å². The molecule has 6 nitrogen and oxygen atoms in total. The zero-order valence-electron chi connectivity index (χ0n) is 18.0. The van der Waals surface area contributed by atoms with Gasteiger partial charge in [-0.05, 0) is 42.1 Å². The van der Waals surface area contributed by atoms with Crippen molar-refractivity contribution < 1.29 is 14.3 Å². The molecule has 2 aromatic carbocycles. The van der Waals surface area contributed by atoms with Gasteiger partial charge in [-0.25, -0.2) is 0 Å². The van der Waals surface area contributed by atoms with Crippen LogP contribution in [0.25, 0.3) is 0 Å². The largest absolute Gasteiger partial charge is 0.379 e. The predicted molar refractivity (Wildman–Crippen MR) is 127 cm³/mol. The second-order valence-corrected chi connectivity index (χ2v) is 8.74. The highest BCUT2D eigenvalue weighted by molar-refractivity contribution is 7.12. The number of morpholine rings is 1. The van der Waals surface area contributed by atoms with Crippen LogP contribution in [0.1, 0.15) is 37.2 Å². The molecular formula is C25H27N3O3S. The molecule has 1 unspecified atom stereocenters. The van der Waals surface area contributed by atoms with Gasteiger partial charge in [0.05, 0.1) is 24.1 Å². The Balaban J connectivity index is 1.43. The van der Waals surface area contributed by atoms with Crippen LogP contribution in [0.3, 0.4) is 0 Å². The fraction of sp³-hybridized carbons (Fsp3) is 0.280. The number of nitrogens with one attached hydrogen (secondary N) is 2. The fourth-order valence-electron chi connectivity index (χ4n) is 3.77. The molecule has 166 valence electrons. The molecule has 1 fully saturated rings. The first-order valence-corrected chi connectivity index (χ1v) is 11.6. The van der Waals surface area contributed by atoms with Crippen LogP contribution in [0, 0.1) is 6.92 Å². The number of hydrogen-bond donors (Lipinski definition) is 2. The number of hydrogen-bond acceptors (Lipinski definition) is 5. The minimum absolute atomic E-state index is 0.0742. The zero-order chi connectivity index (χ0) is 22.3. The zero-order valence-corrected chi connectivity index (χ0v) is 18.9. The van der Waals surface area contributed by atoms with E-state index in [1.807, 2.05) is 11.4 Å². The first-order valence-electron chi connectivity index (χ1n) is 10.7. The van der Waals surface area contributed by atoms with Crippen molar-refractivity contribution in [3.05, 3.63) is 87.6 Å². The number of nitrogens with zero attached hydrogens (tertiary/aromatic N) is 1. The van der Waals surface area contributed by atoms with Gasteiger partial charge in [-0.3, -0.25) is 14.5 Å². The number of carbonyl (C=O) groups is 2. The van der Waals surface area contributed by atoms with Crippen LogP contribution < -0.4 is 10.6 Å². The summed E-state index contributed by atoms with van der Waals surface area (Å²) >= 11 is 1.38. The third-order valence-electron chi connectivity index (χ3n) is 5.53. The molecule has 1 saturated heterocycles. The Morgan fingerprint density at radius 2 is 1.81 bits per heavy atom. The summed E-state index contributed by atoms with van der Waals surface area (Å²) < 4.78 is 5.51. The van der Waals surface area contributed by atoms with Gasteiger partial charge in [-0.15, -0.1) is 11.3 Å². The van der Waals surface area contributed by atoms with E-state index in [4.69, 9.17) is 4.74 Å². The molecule has 0 aliphatic carbocycles. The van der Waals surface area contributed by atoms with Gasteiger partial charge in [-0.1, -0.05) is 42.0 Å². The van der Waals surface area contributed by atoms with Crippen LogP contribution in [0.5, 0.6) is 0 Å². The Hall–Kier alpha value is -3.00. The van der Waals surface area contributed by atoms with Crippen molar-refractivity contribution in [2.45, 2.75) is 13.0 Å². The predicted octanol–water partition coefficient (Wildman–Crippen LogP) is 4.11. The first-order chi connectivity index (χ1) is 15.6. The lowest BCUT2D eigenvalue weighted by Crippen LogP contribution is -2.43. The minimum Gasteiger partial charge on any atom is -0.379 e. The maximum atomic E-state index is 12.9. The van der Waals surface area contributed by atoms with E-state index in [-0.39, 0.29) is 17.9 Å². The van der Waals surface area contributed by atoms with Crippen molar-refractivity contribution in [3.63, 3.8) is 0 Å². The van der Waals surface area contributed by atoms with Crippen molar-refractivity contribution in [1.82, 2.24) is 10.2 Å². The highest BCUT2D eigenvalue weighted by atomic mass is 32.1. The maximum absolute atomic E-state index is 12.9. The topological polar surface area (TPSA) is 70.7 Å². The van der Waals surface area contributed by atoms with E-state index in [2.05, 4.69) is 46.7 Å². The van der Waals surface area contributed by atoms with Gasteiger partial charge in [0.25, 0.3) is 11.8 Å². The number of thiophene rings is 1. The van der Waals surface area contributed by atoms with Crippen LogP contribution >= 0.6 is 11.3 Å². The van der Waals surface area contributed by atoms with Crippen LogP contribution in [0.4, 0.5) is 5.69 Å². The maximum Gasteiger partial charge on any atom is 0.265 e. The summed E-state index contributed by atoms with van der Waals surface area (Å²) in [5, 5.41) is 7.80. The number of amides is 2. The van der Waals surface area contributed by atoms with E-state index in [1.165, 1.54) is 22.5 Å². The van der Waals surface area contributed by atoms with Gasteiger partial charge in [0.1, 0.15) is 0 Å². The van der Waals surface area contributed by atoms with Crippen molar-refractivity contribution in [1.29, 1.82) is 0 Å². The number of anilines is 1. The highest BCUT2D eigenvalue weighted by Gasteiger charge is 2.23. The summed E-state index contributed by atoms with van der Waals surface area (Å²) in [7, 11) is 0. The molecule has 2 N–H and O–H groups in total. The number of ether oxygens (including phenoxy) is 1. The second-order valence-electron chi connectivity index (χ2n) is 7.80. The smallest absolute Gasteiger partial charge is 0.265 e. The van der Waals surface area contributed by atoms with E-state index < -0.39 is 0 Å². The SMILES string of the molecule is Cc1ccc(C(CNC(=O)c2cccc(NC(=O)c3cccs3)c2)N2CCOCC2)cc1. The van der Waals surface area contributed by atoms with Crippen molar-refractivity contribution >= 4 is 28.8 Å². The Morgan fingerprint density at radius 3 is 2.53 bits per heavy atom. The molecule has 1 aliphatic rings. The molecule has 2 heterocycles. The minimum atomic E-state index is -0.177. The van der Waals surface area contributed by atoms with Gasteiger partial charge in [0.15, 0.2) is 0 Å². The normalized spacial score (nSPS) is 15.2. The quantitative estimate of drug-likeness (QED) is 0.570. The molecule has 1 atom stereocenters. The number of benzene rings is 2. The molecule has 3 aromatic rings. The van der Waals surface area contributed by atoms with Crippen molar-refractivity contribution in [2.24, 2.45) is 0 Å². The second kappa shape index (κ2) is 10.5. The summed E-state index contributed by atoms with van der Waals surface area (Å²) in [5.74, 6) is -0.341. The molecule has 0 spiro atoms. The van der Waals surface area contributed by atoms with E-state index in [0.717, 1.165) is 13.1 Å². The molecule has 1 aliphatic heterocycles. The Kier molecular flexibility index (Phi) is 7.32. The van der Waals surface area contributed by atoms with Gasteiger partial charge in [0, 0.05) is 30.9 Å². The van der Waals surface area contributed by atoms with Gasteiger partial charge < -0.3 is 15.4 Å². The summed E-state index contributed by atoms with van der Waals surface area (Å²) in [4.78, 5) is 28.2. The fourth-order valence-corrected chi connectivity index (χ4v) is 4.38. The average molecular weight is 450 g/mol. The lowest BCUT2D eigenvalue weighted by molar-refractivity contribution is 0.0162. The first kappa shape index (κ1) is 22.2. The molecule has 0 radical (unpaired) electrons. The monoisotopic (exact) mass is 449 g/mol. The van der Waals surface area contributed by atoms with Crippen molar-refractivity contribution in [2.75, 3.05) is 38.2 Å². The van der Waals surface area contributed by atoms with Crippen LogP contribution in [0.2, 0.25) is 0 Å². The average Bonchev–Trinajstić information content (AvgIpc) is 3.36. The Bertz CT molecular complexity index is 1040. The van der Waals surface area contributed by atoms with E-state index in [0.29, 0.717) is 35.9 Å². The third kappa shape index (κ3) is 5.62. The number of carbonyl (C=O) groups excluding carboxylic acids is 2. The standard InChI is InChI=1S/C25H27N3O3S/c1-18-7-9-19(10-8-18)22(28-11-13-31-14-12-28)17-26-24(29)20-4-2-5-21(16-20)27-25(30)23-6-3-15-32-23/h2-10,15-16,22H,11-14,17H2,1H3,(H,26,29)(H,27,30). The lowest BCUT2D eigenvalue weighted by Gasteiger charge is -2.35. The van der Waals surface area contributed by atoms with Crippen LogP contribution in [-0.4, -0.2) is 49.6 Å². The number of rotatable bonds is 7. The summed E-state index contributed by atoms with van der Waals surface area (Å²) in [6.07, 6.45) is 0. The molecule has 4 rings (SSSR count). The number of aryl methyl sites for hydroxylation is 1. The molecule has 1 aromatic heterocycles.